The average molecular weight is 343 g/mol. The van der Waals surface area contributed by atoms with Crippen LogP contribution in [0.5, 0.6) is 0 Å². The van der Waals surface area contributed by atoms with Gasteiger partial charge in [-0.05, 0) is 51.7 Å². The molecule has 2 N–H and O–H groups in total. The second-order valence-corrected chi connectivity index (χ2v) is 7.45. The van der Waals surface area contributed by atoms with Crippen molar-refractivity contribution in [1.29, 1.82) is 0 Å². The summed E-state index contributed by atoms with van der Waals surface area (Å²) in [7, 11) is 0. The van der Waals surface area contributed by atoms with Gasteiger partial charge in [-0.15, -0.1) is 0 Å². The van der Waals surface area contributed by atoms with Gasteiger partial charge in [-0.2, -0.15) is 0 Å². The molecule has 23 heavy (non-hydrogen) atoms. The number of benzene rings is 1. The van der Waals surface area contributed by atoms with E-state index in [0.29, 0.717) is 30.1 Å². The van der Waals surface area contributed by atoms with Gasteiger partial charge in [-0.25, -0.2) is 9.18 Å². The Labute approximate surface area is 141 Å². The van der Waals surface area contributed by atoms with Gasteiger partial charge in [0.05, 0.1) is 0 Å². The molecule has 0 spiro atoms. The predicted molar refractivity (Wildman–Crippen MR) is 89.0 cm³/mol. The molecule has 1 aromatic carbocycles. The summed E-state index contributed by atoms with van der Waals surface area (Å²) in [6.07, 6.45) is 0.821. The number of carbonyl (C=O) groups excluding carboxylic acids is 1. The van der Waals surface area contributed by atoms with Crippen molar-refractivity contribution in [2.45, 2.75) is 45.3 Å². The Balaban J connectivity index is 1.95. The maximum atomic E-state index is 13.9. The third-order valence-electron chi connectivity index (χ3n) is 3.98. The van der Waals surface area contributed by atoms with Crippen molar-refractivity contribution in [1.82, 2.24) is 4.90 Å². The topological polar surface area (TPSA) is 55.6 Å². The maximum absolute atomic E-state index is 13.9. The van der Waals surface area contributed by atoms with E-state index in [4.69, 9.17) is 22.1 Å². The Morgan fingerprint density at radius 1 is 1.52 bits per heavy atom. The van der Waals surface area contributed by atoms with Crippen molar-refractivity contribution in [3.63, 3.8) is 0 Å². The summed E-state index contributed by atoms with van der Waals surface area (Å²) in [6, 6.07) is 4.37. The number of hydrogen-bond donors (Lipinski definition) is 1. The van der Waals surface area contributed by atoms with E-state index in [1.807, 2.05) is 20.8 Å². The molecule has 0 aliphatic carbocycles. The molecule has 2 unspecified atom stereocenters. The van der Waals surface area contributed by atoms with Gasteiger partial charge in [0.2, 0.25) is 0 Å². The molecular formula is C17H24ClFN2O2. The molecule has 6 heteroatoms. The molecular weight excluding hydrogens is 319 g/mol. The van der Waals surface area contributed by atoms with Crippen LogP contribution < -0.4 is 5.73 Å². The number of amides is 1. The highest BCUT2D eigenvalue weighted by molar-refractivity contribution is 6.31. The minimum Gasteiger partial charge on any atom is -0.444 e. The fraction of sp³-hybridized carbons (Fsp3) is 0.588. The lowest BCUT2D eigenvalue weighted by atomic mass is 9.93. The van der Waals surface area contributed by atoms with E-state index in [2.05, 4.69) is 0 Å². The Kier molecular flexibility index (Phi) is 5.53. The van der Waals surface area contributed by atoms with Crippen molar-refractivity contribution in [2.75, 3.05) is 13.1 Å². The van der Waals surface area contributed by atoms with E-state index in [1.165, 1.54) is 6.07 Å². The molecule has 1 aliphatic rings. The SMILES string of the molecule is CC(C)(C)OC(=O)N1CCC(C(N)Cc2c(F)cccc2Cl)C1. The van der Waals surface area contributed by atoms with Crippen LogP contribution in [-0.2, 0) is 11.2 Å². The zero-order valence-electron chi connectivity index (χ0n) is 13.8. The van der Waals surface area contributed by atoms with Gasteiger partial charge in [0.15, 0.2) is 0 Å². The van der Waals surface area contributed by atoms with Crippen molar-refractivity contribution in [3.8, 4) is 0 Å². The molecule has 1 aliphatic heterocycles. The van der Waals surface area contributed by atoms with Crippen LogP contribution in [0.2, 0.25) is 5.02 Å². The van der Waals surface area contributed by atoms with Crippen LogP contribution in [-0.4, -0.2) is 35.7 Å². The van der Waals surface area contributed by atoms with Gasteiger partial charge in [0, 0.05) is 29.7 Å². The minimum absolute atomic E-state index is 0.109. The number of halogens is 2. The highest BCUT2D eigenvalue weighted by atomic mass is 35.5. The molecule has 1 heterocycles. The second kappa shape index (κ2) is 7.05. The number of carbonyl (C=O) groups is 1. The van der Waals surface area contributed by atoms with Crippen molar-refractivity contribution >= 4 is 17.7 Å². The molecule has 1 fully saturated rings. The number of hydrogen-bond acceptors (Lipinski definition) is 3. The summed E-state index contributed by atoms with van der Waals surface area (Å²) in [5.41, 5.74) is 6.16. The molecule has 4 nitrogen and oxygen atoms in total. The number of rotatable bonds is 3. The van der Waals surface area contributed by atoms with Crippen molar-refractivity contribution in [2.24, 2.45) is 11.7 Å². The van der Waals surface area contributed by atoms with Gasteiger partial charge in [0.25, 0.3) is 0 Å². The zero-order chi connectivity index (χ0) is 17.2. The fourth-order valence-corrected chi connectivity index (χ4v) is 3.00. The van der Waals surface area contributed by atoms with Crippen LogP contribution in [0.15, 0.2) is 18.2 Å². The highest BCUT2D eigenvalue weighted by Crippen LogP contribution is 2.26. The molecule has 0 radical (unpaired) electrons. The first-order valence-corrected chi connectivity index (χ1v) is 8.21. The molecule has 2 atom stereocenters. The highest BCUT2D eigenvalue weighted by Gasteiger charge is 2.33. The second-order valence-electron chi connectivity index (χ2n) is 7.04. The summed E-state index contributed by atoms with van der Waals surface area (Å²) in [4.78, 5) is 13.7. The van der Waals surface area contributed by atoms with E-state index < -0.39 is 5.60 Å². The van der Waals surface area contributed by atoms with Crippen LogP contribution >= 0.6 is 11.6 Å². The number of likely N-dealkylation sites (tertiary alicyclic amines) is 1. The molecule has 1 amide bonds. The van der Waals surface area contributed by atoms with E-state index >= 15 is 0 Å². The summed E-state index contributed by atoms with van der Waals surface area (Å²) >= 11 is 6.05. The van der Waals surface area contributed by atoms with Crippen molar-refractivity contribution < 1.29 is 13.9 Å². The van der Waals surface area contributed by atoms with E-state index in [1.54, 1.807) is 17.0 Å². The molecule has 0 bridgehead atoms. The summed E-state index contributed by atoms with van der Waals surface area (Å²) in [5, 5.41) is 0.391. The van der Waals surface area contributed by atoms with Crippen LogP contribution in [0, 0.1) is 11.7 Å². The van der Waals surface area contributed by atoms with Gasteiger partial charge in [-0.1, -0.05) is 17.7 Å². The first-order valence-electron chi connectivity index (χ1n) is 7.84. The summed E-state index contributed by atoms with van der Waals surface area (Å²) < 4.78 is 19.2. The summed E-state index contributed by atoms with van der Waals surface area (Å²) in [5.74, 6) is -0.229. The minimum atomic E-state index is -0.516. The maximum Gasteiger partial charge on any atom is 0.410 e. The monoisotopic (exact) mass is 342 g/mol. The zero-order valence-corrected chi connectivity index (χ0v) is 14.6. The first-order chi connectivity index (χ1) is 10.7. The molecule has 0 aromatic heterocycles. The lowest BCUT2D eigenvalue weighted by Gasteiger charge is -2.25. The molecule has 1 saturated heterocycles. The third kappa shape index (κ3) is 4.82. The Morgan fingerprint density at radius 3 is 2.83 bits per heavy atom. The van der Waals surface area contributed by atoms with Gasteiger partial charge in [-0.3, -0.25) is 0 Å². The number of nitrogens with two attached hydrogens (primary N) is 1. The standard InChI is InChI=1S/C17H24ClFN2O2/c1-17(2,3)23-16(22)21-8-7-11(10-21)15(20)9-12-13(18)5-4-6-14(12)19/h4-6,11,15H,7-10,20H2,1-3H3. The average Bonchev–Trinajstić information content (AvgIpc) is 2.91. The molecule has 2 rings (SSSR count). The fourth-order valence-electron chi connectivity index (χ4n) is 2.76. The van der Waals surface area contributed by atoms with E-state index in [9.17, 15) is 9.18 Å². The summed E-state index contributed by atoms with van der Waals surface area (Å²) in [6.45, 7) is 6.65. The van der Waals surface area contributed by atoms with Gasteiger partial charge < -0.3 is 15.4 Å². The quantitative estimate of drug-likeness (QED) is 0.913. The van der Waals surface area contributed by atoms with E-state index in [0.717, 1.165) is 6.42 Å². The van der Waals surface area contributed by atoms with Crippen LogP contribution in [0.4, 0.5) is 9.18 Å². The lowest BCUT2D eigenvalue weighted by molar-refractivity contribution is 0.0286. The molecule has 1 aromatic rings. The largest absolute Gasteiger partial charge is 0.444 e. The van der Waals surface area contributed by atoms with Crippen molar-refractivity contribution in [3.05, 3.63) is 34.6 Å². The Morgan fingerprint density at radius 2 is 2.22 bits per heavy atom. The third-order valence-corrected chi connectivity index (χ3v) is 4.34. The van der Waals surface area contributed by atoms with Crippen LogP contribution in [0.1, 0.15) is 32.8 Å². The normalized spacial score (nSPS) is 19.7. The van der Waals surface area contributed by atoms with Gasteiger partial charge >= 0.3 is 6.09 Å². The van der Waals surface area contributed by atoms with Crippen LogP contribution in [0.3, 0.4) is 0 Å². The molecule has 128 valence electrons. The van der Waals surface area contributed by atoms with E-state index in [-0.39, 0.29) is 23.9 Å². The Bertz CT molecular complexity index is 554. The molecule has 0 saturated carbocycles. The predicted octanol–water partition coefficient (Wildman–Crippen LogP) is 3.61. The number of nitrogens with zero attached hydrogens (tertiary/aromatic N) is 1. The lowest BCUT2D eigenvalue weighted by Crippen LogP contribution is -2.38. The van der Waals surface area contributed by atoms with Gasteiger partial charge in [0.1, 0.15) is 11.4 Å². The smallest absolute Gasteiger partial charge is 0.410 e. The number of ether oxygens (including phenoxy) is 1. The van der Waals surface area contributed by atoms with Crippen LogP contribution in [0.25, 0.3) is 0 Å². The first kappa shape index (κ1) is 18.0. The Hall–Kier alpha value is -1.33.